The summed E-state index contributed by atoms with van der Waals surface area (Å²) in [7, 11) is 5.59. The molecular weight excluding hydrogens is 476 g/mol. The lowest BCUT2D eigenvalue weighted by molar-refractivity contribution is -0.268. The number of aliphatic hydroxyl groups is 3. The van der Waals surface area contributed by atoms with Crippen molar-refractivity contribution >= 4 is 11.0 Å². The molecule has 11 nitrogen and oxygen atoms in total. The maximum Gasteiger partial charge on any atom is 0.239 e. The lowest BCUT2D eigenvalue weighted by atomic mass is 10.00. The van der Waals surface area contributed by atoms with Crippen LogP contribution in [0.2, 0.25) is 0 Å². The van der Waals surface area contributed by atoms with Gasteiger partial charge >= 0.3 is 0 Å². The highest BCUT2D eigenvalue weighted by Gasteiger charge is 2.44. The molecule has 5 atom stereocenters. The highest BCUT2D eigenvalue weighted by atomic mass is 16.7. The summed E-state index contributed by atoms with van der Waals surface area (Å²) >= 11 is 0. The zero-order valence-electron chi connectivity index (χ0n) is 20.4. The van der Waals surface area contributed by atoms with E-state index >= 15 is 0 Å². The molecule has 1 aliphatic heterocycles. The number of aliphatic hydroxyl groups excluding tert-OH is 3. The molecule has 0 radical (unpaired) electrons. The number of ether oxygens (including phenoxy) is 6. The Hall–Kier alpha value is -3.51. The van der Waals surface area contributed by atoms with Gasteiger partial charge in [0, 0.05) is 11.6 Å². The number of methoxy groups -OCH3 is 4. The van der Waals surface area contributed by atoms with Gasteiger partial charge < -0.3 is 48.2 Å². The third-order valence-corrected chi connectivity index (χ3v) is 6.04. The van der Waals surface area contributed by atoms with Crippen LogP contribution in [-0.4, -0.2) is 74.5 Å². The standard InChI is InChI=1S/C25H28O11/c1-11-17(26)19(28)20(29)25(34-11)36-22-15(31-3)10-14-16(23(22)32-4)18(27)24(33-5)21(35-14)12-6-8-13(30-2)9-7-12/h6-11,17,19-20,25-26,28-29H,1-5H3/t11?,17-,19?,20-,25-/m0/s1. The van der Waals surface area contributed by atoms with Crippen molar-refractivity contribution in [1.29, 1.82) is 0 Å². The van der Waals surface area contributed by atoms with Crippen LogP contribution in [0, 0.1) is 0 Å². The first-order chi connectivity index (χ1) is 17.2. The van der Waals surface area contributed by atoms with Crippen LogP contribution >= 0.6 is 0 Å². The van der Waals surface area contributed by atoms with Gasteiger partial charge in [0.25, 0.3) is 0 Å². The SMILES string of the molecule is COc1ccc(-c2oc3cc(OC)c(O[C@@H]4OC(C)[C@H](O)C(O)[C@@H]4O)c(OC)c3c(=O)c2OC)cc1. The molecule has 0 amide bonds. The summed E-state index contributed by atoms with van der Waals surface area (Å²) < 4.78 is 39.1. The van der Waals surface area contributed by atoms with Crippen molar-refractivity contribution in [1.82, 2.24) is 0 Å². The summed E-state index contributed by atoms with van der Waals surface area (Å²) in [5, 5.41) is 30.5. The molecular formula is C25H28O11. The van der Waals surface area contributed by atoms with Crippen LogP contribution in [0.1, 0.15) is 6.92 Å². The van der Waals surface area contributed by atoms with Gasteiger partial charge in [-0.05, 0) is 31.2 Å². The molecule has 0 spiro atoms. The van der Waals surface area contributed by atoms with Gasteiger partial charge in [0.2, 0.25) is 23.2 Å². The van der Waals surface area contributed by atoms with E-state index in [-0.39, 0.29) is 39.7 Å². The molecule has 4 rings (SSSR count). The van der Waals surface area contributed by atoms with E-state index in [9.17, 15) is 20.1 Å². The zero-order valence-corrected chi connectivity index (χ0v) is 20.4. The second-order valence-corrected chi connectivity index (χ2v) is 8.14. The van der Waals surface area contributed by atoms with Gasteiger partial charge in [-0.1, -0.05) is 0 Å². The Morgan fingerprint density at radius 2 is 1.47 bits per heavy atom. The van der Waals surface area contributed by atoms with Gasteiger partial charge in [0.05, 0.1) is 34.5 Å². The fraction of sp³-hybridized carbons (Fsp3) is 0.400. The molecule has 1 aromatic heterocycles. The lowest BCUT2D eigenvalue weighted by Crippen LogP contribution is -2.58. The summed E-state index contributed by atoms with van der Waals surface area (Å²) in [5.41, 5.74) is 0.162. The highest BCUT2D eigenvalue weighted by Crippen LogP contribution is 2.45. The van der Waals surface area contributed by atoms with Gasteiger partial charge in [0.15, 0.2) is 17.3 Å². The van der Waals surface area contributed by atoms with Crippen molar-refractivity contribution in [2.45, 2.75) is 37.6 Å². The Bertz CT molecular complexity index is 1280. The van der Waals surface area contributed by atoms with Crippen molar-refractivity contribution in [2.75, 3.05) is 28.4 Å². The van der Waals surface area contributed by atoms with Crippen molar-refractivity contribution in [3.63, 3.8) is 0 Å². The number of hydrogen-bond acceptors (Lipinski definition) is 11. The highest BCUT2D eigenvalue weighted by molar-refractivity contribution is 5.91. The summed E-state index contributed by atoms with van der Waals surface area (Å²) in [6.07, 6.45) is -6.67. The molecule has 36 heavy (non-hydrogen) atoms. The first kappa shape index (κ1) is 25.6. The maximum absolute atomic E-state index is 13.6. The minimum absolute atomic E-state index is 0.00124. The number of benzene rings is 2. The zero-order chi connectivity index (χ0) is 26.1. The number of rotatable bonds is 7. The summed E-state index contributed by atoms with van der Waals surface area (Å²) in [6, 6.07) is 8.32. The molecule has 194 valence electrons. The smallest absolute Gasteiger partial charge is 0.239 e. The normalized spacial score (nSPS) is 23.8. The number of fused-ring (bicyclic) bond motifs is 1. The Labute approximate surface area is 206 Å². The maximum atomic E-state index is 13.6. The molecule has 1 fully saturated rings. The molecule has 1 aliphatic rings. The molecule has 11 heteroatoms. The third kappa shape index (κ3) is 4.30. The first-order valence-electron chi connectivity index (χ1n) is 11.1. The molecule has 1 saturated heterocycles. The van der Waals surface area contributed by atoms with Crippen LogP contribution in [0.25, 0.3) is 22.3 Å². The van der Waals surface area contributed by atoms with Gasteiger partial charge in [-0.25, -0.2) is 0 Å². The van der Waals surface area contributed by atoms with Crippen LogP contribution in [0.15, 0.2) is 39.5 Å². The van der Waals surface area contributed by atoms with Crippen molar-refractivity contribution in [3.05, 3.63) is 40.6 Å². The summed E-state index contributed by atoms with van der Waals surface area (Å²) in [5.74, 6) is 0.735. The third-order valence-electron chi connectivity index (χ3n) is 6.04. The predicted molar refractivity (Wildman–Crippen MR) is 127 cm³/mol. The molecule has 3 aromatic rings. The Balaban J connectivity index is 1.89. The van der Waals surface area contributed by atoms with Gasteiger partial charge in [-0.15, -0.1) is 0 Å². The monoisotopic (exact) mass is 504 g/mol. The van der Waals surface area contributed by atoms with Gasteiger partial charge in [0.1, 0.15) is 35.0 Å². The van der Waals surface area contributed by atoms with Gasteiger partial charge in [-0.3, -0.25) is 4.79 Å². The molecule has 2 unspecified atom stereocenters. The fourth-order valence-electron chi connectivity index (χ4n) is 4.07. The molecule has 0 saturated carbocycles. The second kappa shape index (κ2) is 10.2. The number of hydrogen-bond donors (Lipinski definition) is 3. The Morgan fingerprint density at radius 1 is 0.806 bits per heavy atom. The Morgan fingerprint density at radius 3 is 2.06 bits per heavy atom. The lowest BCUT2D eigenvalue weighted by Gasteiger charge is -2.39. The summed E-state index contributed by atoms with van der Waals surface area (Å²) in [6.45, 7) is 1.52. The van der Waals surface area contributed by atoms with Crippen LogP contribution in [0.5, 0.6) is 28.7 Å². The summed E-state index contributed by atoms with van der Waals surface area (Å²) in [4.78, 5) is 13.6. The largest absolute Gasteiger partial charge is 0.497 e. The van der Waals surface area contributed by atoms with E-state index in [1.807, 2.05) is 0 Å². The van der Waals surface area contributed by atoms with Crippen molar-refractivity contribution < 1.29 is 48.2 Å². The predicted octanol–water partition coefficient (Wildman–Crippen LogP) is 1.70. The molecule has 0 aliphatic carbocycles. The van der Waals surface area contributed by atoms with E-state index in [1.54, 1.807) is 31.4 Å². The quantitative estimate of drug-likeness (QED) is 0.432. The minimum Gasteiger partial charge on any atom is -0.497 e. The first-order valence-corrected chi connectivity index (χ1v) is 11.1. The van der Waals surface area contributed by atoms with Crippen molar-refractivity contribution in [3.8, 4) is 40.1 Å². The minimum atomic E-state index is -1.59. The van der Waals surface area contributed by atoms with Gasteiger partial charge in [-0.2, -0.15) is 0 Å². The second-order valence-electron chi connectivity index (χ2n) is 8.14. The fourth-order valence-corrected chi connectivity index (χ4v) is 4.07. The topological polar surface area (TPSA) is 146 Å². The van der Waals surface area contributed by atoms with Crippen LogP contribution in [0.3, 0.4) is 0 Å². The average molecular weight is 504 g/mol. The van der Waals surface area contributed by atoms with E-state index in [0.29, 0.717) is 11.3 Å². The molecule has 0 bridgehead atoms. The van der Waals surface area contributed by atoms with E-state index in [2.05, 4.69) is 0 Å². The van der Waals surface area contributed by atoms with E-state index in [4.69, 9.17) is 32.8 Å². The van der Waals surface area contributed by atoms with Crippen LogP contribution in [-0.2, 0) is 4.74 Å². The molecule has 2 heterocycles. The van der Waals surface area contributed by atoms with Crippen LogP contribution < -0.4 is 29.1 Å². The van der Waals surface area contributed by atoms with Crippen LogP contribution in [0.4, 0.5) is 0 Å². The van der Waals surface area contributed by atoms with Crippen molar-refractivity contribution in [2.24, 2.45) is 0 Å². The molecule has 2 aromatic carbocycles. The Kier molecular flexibility index (Phi) is 7.27. The average Bonchev–Trinajstić information content (AvgIpc) is 2.90. The van der Waals surface area contributed by atoms with E-state index in [1.165, 1.54) is 34.3 Å². The van der Waals surface area contributed by atoms with E-state index in [0.717, 1.165) is 0 Å². The molecule has 3 N–H and O–H groups in total. The van der Waals surface area contributed by atoms with E-state index < -0.39 is 36.1 Å².